The van der Waals surface area contributed by atoms with Crippen molar-refractivity contribution in [2.45, 2.75) is 83.5 Å². The van der Waals surface area contributed by atoms with E-state index < -0.39 is 0 Å². The molecule has 1 saturated carbocycles. The van der Waals surface area contributed by atoms with Gasteiger partial charge in [-0.05, 0) is 51.1 Å². The van der Waals surface area contributed by atoms with E-state index in [9.17, 15) is 5.11 Å². The smallest absolute Gasteiger partial charge is 0.224 e. The molecule has 0 radical (unpaired) electrons. The summed E-state index contributed by atoms with van der Waals surface area (Å²) < 4.78 is 2.11. The number of hydrogen-bond acceptors (Lipinski definition) is 7. The first-order chi connectivity index (χ1) is 18.0. The third-order valence-electron chi connectivity index (χ3n) is 8.15. The van der Waals surface area contributed by atoms with E-state index in [1.165, 1.54) is 5.56 Å². The van der Waals surface area contributed by atoms with Gasteiger partial charge in [0.2, 0.25) is 5.95 Å². The van der Waals surface area contributed by atoms with Gasteiger partial charge in [-0.2, -0.15) is 10.1 Å². The average molecular weight is 506 g/mol. The van der Waals surface area contributed by atoms with Gasteiger partial charge >= 0.3 is 0 Å². The molecule has 2 N–H and O–H groups in total. The van der Waals surface area contributed by atoms with E-state index in [-0.39, 0.29) is 12.1 Å². The SMILES string of the molecule is CCC[C@H](CC)Nc1ncc2c(-c3ccc(CN4CCN(C)CC4)cc3)nn([C@H]3CC[C@H](O)CC3)c2n1. The lowest BCUT2D eigenvalue weighted by Crippen LogP contribution is -2.43. The maximum Gasteiger partial charge on any atom is 0.224 e. The number of aliphatic hydroxyl groups is 1. The third-order valence-corrected chi connectivity index (χ3v) is 8.15. The Labute approximate surface area is 221 Å². The van der Waals surface area contributed by atoms with E-state index in [1.54, 1.807) is 0 Å². The van der Waals surface area contributed by atoms with Crippen molar-refractivity contribution >= 4 is 17.0 Å². The minimum atomic E-state index is -0.198. The summed E-state index contributed by atoms with van der Waals surface area (Å²) in [6.45, 7) is 9.91. The molecule has 3 aromatic rings. The Morgan fingerprint density at radius 2 is 1.76 bits per heavy atom. The zero-order valence-corrected chi connectivity index (χ0v) is 22.7. The number of piperazine rings is 1. The van der Waals surface area contributed by atoms with Crippen LogP contribution in [0.4, 0.5) is 5.95 Å². The first kappa shape index (κ1) is 26.1. The number of nitrogens with zero attached hydrogens (tertiary/aromatic N) is 6. The lowest BCUT2D eigenvalue weighted by molar-refractivity contribution is 0.109. The van der Waals surface area contributed by atoms with Crippen molar-refractivity contribution in [2.75, 3.05) is 38.5 Å². The molecule has 37 heavy (non-hydrogen) atoms. The molecule has 2 fully saturated rings. The molecule has 0 unspecified atom stereocenters. The number of fused-ring (bicyclic) bond motifs is 1. The molecule has 1 atom stereocenters. The Morgan fingerprint density at radius 3 is 2.43 bits per heavy atom. The van der Waals surface area contributed by atoms with Crippen molar-refractivity contribution in [3.8, 4) is 11.3 Å². The fourth-order valence-corrected chi connectivity index (χ4v) is 5.71. The van der Waals surface area contributed by atoms with Crippen LogP contribution in [0, 0.1) is 0 Å². The second-order valence-electron chi connectivity index (χ2n) is 11.0. The molecular weight excluding hydrogens is 462 g/mol. The summed E-state index contributed by atoms with van der Waals surface area (Å²) in [4.78, 5) is 14.6. The highest BCUT2D eigenvalue weighted by Crippen LogP contribution is 2.34. The molecule has 8 heteroatoms. The van der Waals surface area contributed by atoms with Gasteiger partial charge in [-0.15, -0.1) is 0 Å². The molecule has 2 aliphatic rings. The number of aromatic nitrogens is 4. The van der Waals surface area contributed by atoms with E-state index in [0.29, 0.717) is 12.0 Å². The van der Waals surface area contributed by atoms with Crippen LogP contribution >= 0.6 is 0 Å². The molecule has 1 aliphatic carbocycles. The van der Waals surface area contributed by atoms with Gasteiger partial charge in [0.15, 0.2) is 5.65 Å². The van der Waals surface area contributed by atoms with E-state index >= 15 is 0 Å². The number of aliphatic hydroxyl groups excluding tert-OH is 1. The highest BCUT2D eigenvalue weighted by molar-refractivity contribution is 5.91. The summed E-state index contributed by atoms with van der Waals surface area (Å²) >= 11 is 0. The number of rotatable bonds is 9. The fraction of sp³-hybridized carbons (Fsp3) is 0.621. The fourth-order valence-electron chi connectivity index (χ4n) is 5.71. The Kier molecular flexibility index (Phi) is 8.37. The molecule has 8 nitrogen and oxygen atoms in total. The monoisotopic (exact) mass is 505 g/mol. The van der Waals surface area contributed by atoms with Gasteiger partial charge in [-0.1, -0.05) is 44.5 Å². The average Bonchev–Trinajstić information content (AvgIpc) is 3.29. The van der Waals surface area contributed by atoms with Gasteiger partial charge in [-0.3, -0.25) is 4.90 Å². The highest BCUT2D eigenvalue weighted by atomic mass is 16.3. The standard InChI is InChI=1S/C29H43N7O/c1-4-6-23(5-2)31-29-30-19-26-27(33-36(28(26)32-29)24-11-13-25(37)14-12-24)22-9-7-21(8-10-22)20-35-17-15-34(3)16-18-35/h7-10,19,23-25,37H,4-6,11-18,20H2,1-3H3,(H,30,31,32)/t23-,24-,25-/m0/s1. The van der Waals surface area contributed by atoms with Gasteiger partial charge in [0, 0.05) is 50.5 Å². The number of likely N-dealkylation sites (N-methyl/N-ethyl adjacent to an activating group) is 1. The van der Waals surface area contributed by atoms with Crippen LogP contribution in [0.2, 0.25) is 0 Å². The van der Waals surface area contributed by atoms with Crippen molar-refractivity contribution in [2.24, 2.45) is 0 Å². The van der Waals surface area contributed by atoms with Crippen LogP contribution in [0.25, 0.3) is 22.3 Å². The van der Waals surface area contributed by atoms with Crippen molar-refractivity contribution in [1.29, 1.82) is 0 Å². The Hall–Kier alpha value is -2.55. The summed E-state index contributed by atoms with van der Waals surface area (Å²) in [6, 6.07) is 9.49. The van der Waals surface area contributed by atoms with Crippen LogP contribution in [0.3, 0.4) is 0 Å². The van der Waals surface area contributed by atoms with Crippen LogP contribution in [0.1, 0.15) is 70.4 Å². The summed E-state index contributed by atoms with van der Waals surface area (Å²) in [6.07, 6.45) is 8.48. The molecule has 1 aliphatic heterocycles. The maximum atomic E-state index is 10.1. The molecule has 0 amide bonds. The maximum absolute atomic E-state index is 10.1. The first-order valence-corrected chi connectivity index (χ1v) is 14.2. The minimum absolute atomic E-state index is 0.198. The molecule has 5 rings (SSSR count). The summed E-state index contributed by atoms with van der Waals surface area (Å²) in [5.41, 5.74) is 4.27. The predicted molar refractivity (Wildman–Crippen MR) is 150 cm³/mol. The summed E-state index contributed by atoms with van der Waals surface area (Å²) in [5, 5.41) is 19.7. The van der Waals surface area contributed by atoms with Crippen molar-refractivity contribution in [3.63, 3.8) is 0 Å². The quantitative estimate of drug-likeness (QED) is 0.436. The van der Waals surface area contributed by atoms with E-state index in [2.05, 4.69) is 65.0 Å². The van der Waals surface area contributed by atoms with Crippen LogP contribution in [-0.2, 0) is 6.54 Å². The van der Waals surface area contributed by atoms with Gasteiger partial charge in [-0.25, -0.2) is 9.67 Å². The van der Waals surface area contributed by atoms with Gasteiger partial charge < -0.3 is 15.3 Å². The Bertz CT molecular complexity index is 1150. The van der Waals surface area contributed by atoms with E-state index in [1.807, 2.05) is 6.20 Å². The number of hydrogen-bond donors (Lipinski definition) is 2. The topological polar surface area (TPSA) is 82.3 Å². The molecule has 200 valence electrons. The van der Waals surface area contributed by atoms with Crippen molar-refractivity contribution in [1.82, 2.24) is 29.5 Å². The normalized spacial score (nSPS) is 22.4. The van der Waals surface area contributed by atoms with Crippen LogP contribution in [-0.4, -0.2) is 80.0 Å². The first-order valence-electron chi connectivity index (χ1n) is 14.2. The summed E-state index contributed by atoms with van der Waals surface area (Å²) in [5.74, 6) is 0.680. The molecule has 0 bridgehead atoms. The Balaban J connectivity index is 1.43. The number of benzene rings is 1. The lowest BCUT2D eigenvalue weighted by Gasteiger charge is -2.32. The lowest BCUT2D eigenvalue weighted by atomic mass is 9.93. The van der Waals surface area contributed by atoms with Crippen LogP contribution in [0.15, 0.2) is 30.5 Å². The van der Waals surface area contributed by atoms with Crippen molar-refractivity contribution < 1.29 is 5.11 Å². The van der Waals surface area contributed by atoms with E-state index in [4.69, 9.17) is 15.1 Å². The molecule has 3 heterocycles. The number of anilines is 1. The minimum Gasteiger partial charge on any atom is -0.393 e. The van der Waals surface area contributed by atoms with Gasteiger partial charge in [0.25, 0.3) is 0 Å². The highest BCUT2D eigenvalue weighted by Gasteiger charge is 2.26. The largest absolute Gasteiger partial charge is 0.393 e. The zero-order valence-electron chi connectivity index (χ0n) is 22.7. The second kappa shape index (κ2) is 11.9. The number of nitrogens with one attached hydrogen (secondary N) is 1. The Morgan fingerprint density at radius 1 is 1.03 bits per heavy atom. The summed E-state index contributed by atoms with van der Waals surface area (Å²) in [7, 11) is 2.20. The van der Waals surface area contributed by atoms with Gasteiger partial charge in [0.05, 0.1) is 17.5 Å². The zero-order chi connectivity index (χ0) is 25.8. The van der Waals surface area contributed by atoms with E-state index in [0.717, 1.165) is 100.0 Å². The van der Waals surface area contributed by atoms with Crippen molar-refractivity contribution in [3.05, 3.63) is 36.0 Å². The third kappa shape index (κ3) is 6.13. The molecular formula is C29H43N7O. The predicted octanol–water partition coefficient (Wildman–Crippen LogP) is 4.71. The molecule has 0 spiro atoms. The molecule has 1 aromatic carbocycles. The molecule has 1 saturated heterocycles. The van der Waals surface area contributed by atoms with Gasteiger partial charge in [0.1, 0.15) is 5.69 Å². The molecule has 2 aromatic heterocycles. The van der Waals surface area contributed by atoms with Crippen LogP contribution in [0.5, 0.6) is 0 Å². The van der Waals surface area contributed by atoms with Crippen LogP contribution < -0.4 is 5.32 Å². The second-order valence-corrected chi connectivity index (χ2v) is 11.0.